The smallest absolute Gasteiger partial charge is 0.243 e. The van der Waals surface area contributed by atoms with Crippen molar-refractivity contribution in [3.05, 3.63) is 84.4 Å². The largest absolute Gasteiger partial charge is 0.493 e. The summed E-state index contributed by atoms with van der Waals surface area (Å²) in [5, 5.41) is 5.95. The molecule has 0 aliphatic rings. The zero-order valence-corrected chi connectivity index (χ0v) is 17.8. The Bertz CT molecular complexity index is 1000. The molecule has 2 amide bonds. The van der Waals surface area contributed by atoms with Gasteiger partial charge in [0.15, 0.2) is 0 Å². The summed E-state index contributed by atoms with van der Waals surface area (Å²) in [6.45, 7) is 2.22. The molecule has 0 radical (unpaired) electrons. The minimum absolute atomic E-state index is 0.0488. The molecule has 0 bridgehead atoms. The number of carbonyl (C=O) groups is 2. The van der Waals surface area contributed by atoms with Crippen LogP contribution in [0.4, 0.5) is 17.1 Å². The van der Waals surface area contributed by atoms with Crippen LogP contribution in [0.2, 0.25) is 0 Å². The Morgan fingerprint density at radius 2 is 1.65 bits per heavy atom. The van der Waals surface area contributed by atoms with Crippen LogP contribution >= 0.6 is 0 Å². The quantitative estimate of drug-likeness (QED) is 0.543. The number of ether oxygens (including phenoxy) is 1. The molecule has 6 nitrogen and oxygen atoms in total. The first-order chi connectivity index (χ1) is 15.0. The van der Waals surface area contributed by atoms with Gasteiger partial charge in [-0.2, -0.15) is 0 Å². The van der Waals surface area contributed by atoms with E-state index < -0.39 is 0 Å². The van der Waals surface area contributed by atoms with Crippen molar-refractivity contribution in [2.24, 2.45) is 0 Å². The van der Waals surface area contributed by atoms with E-state index in [0.29, 0.717) is 12.3 Å². The van der Waals surface area contributed by atoms with E-state index in [1.807, 2.05) is 42.5 Å². The Morgan fingerprint density at radius 3 is 2.35 bits per heavy atom. The molecule has 0 atom stereocenters. The Hall–Kier alpha value is -3.80. The number of carbonyl (C=O) groups excluding carboxylic acids is 2. The first-order valence-corrected chi connectivity index (χ1v) is 10.2. The maximum Gasteiger partial charge on any atom is 0.243 e. The van der Waals surface area contributed by atoms with Crippen molar-refractivity contribution in [3.63, 3.8) is 0 Å². The molecule has 0 unspecified atom stereocenters. The average Bonchev–Trinajstić information content (AvgIpc) is 2.79. The molecule has 160 valence electrons. The summed E-state index contributed by atoms with van der Waals surface area (Å²) in [7, 11) is 1.71. The molecular weight excluding hydrogens is 390 g/mol. The zero-order chi connectivity index (χ0) is 22.1. The zero-order valence-electron chi connectivity index (χ0n) is 17.8. The van der Waals surface area contributed by atoms with Gasteiger partial charge in [-0.1, -0.05) is 36.4 Å². The highest BCUT2D eigenvalue weighted by Crippen LogP contribution is 2.19. The van der Waals surface area contributed by atoms with Crippen LogP contribution in [-0.4, -0.2) is 32.0 Å². The first-order valence-electron chi connectivity index (χ1n) is 10.2. The van der Waals surface area contributed by atoms with Crippen molar-refractivity contribution in [1.82, 2.24) is 0 Å². The van der Waals surface area contributed by atoms with Crippen molar-refractivity contribution >= 4 is 28.9 Å². The number of anilines is 3. The summed E-state index contributed by atoms with van der Waals surface area (Å²) < 4.78 is 5.83. The highest BCUT2D eigenvalue weighted by atomic mass is 16.5. The van der Waals surface area contributed by atoms with Crippen LogP contribution in [0.5, 0.6) is 5.75 Å². The maximum absolute atomic E-state index is 12.3. The minimum atomic E-state index is -0.164. The second-order valence-corrected chi connectivity index (χ2v) is 7.14. The Labute approximate surface area is 182 Å². The van der Waals surface area contributed by atoms with Crippen LogP contribution in [0.15, 0.2) is 78.9 Å². The maximum atomic E-state index is 12.3. The Balaban J connectivity index is 1.45. The number of nitrogens with one attached hydrogen (secondary N) is 2. The SMILES string of the molecule is CC(=O)N(C)c1ccc(NC(=O)CNc2cccc(OCCc3ccccc3)c2)cc1. The standard InChI is InChI=1S/C25H27N3O3/c1-19(29)28(2)23-13-11-21(12-14-23)27-25(30)18-26-22-9-6-10-24(17-22)31-16-15-20-7-4-3-5-8-20/h3-14,17,26H,15-16,18H2,1-2H3,(H,27,30). The second-order valence-electron chi connectivity index (χ2n) is 7.14. The lowest BCUT2D eigenvalue weighted by Crippen LogP contribution is -2.23. The fourth-order valence-corrected chi connectivity index (χ4v) is 2.96. The molecule has 0 fully saturated rings. The molecule has 3 rings (SSSR count). The molecule has 3 aromatic rings. The van der Waals surface area contributed by atoms with Crippen molar-refractivity contribution in [3.8, 4) is 5.75 Å². The van der Waals surface area contributed by atoms with Gasteiger partial charge in [0.2, 0.25) is 11.8 Å². The van der Waals surface area contributed by atoms with Crippen LogP contribution in [0, 0.1) is 0 Å². The molecule has 31 heavy (non-hydrogen) atoms. The molecular formula is C25H27N3O3. The van der Waals surface area contributed by atoms with Gasteiger partial charge in [-0.25, -0.2) is 0 Å². The lowest BCUT2D eigenvalue weighted by atomic mass is 10.2. The van der Waals surface area contributed by atoms with Gasteiger partial charge >= 0.3 is 0 Å². The second kappa shape index (κ2) is 10.8. The number of hydrogen-bond acceptors (Lipinski definition) is 4. The van der Waals surface area contributed by atoms with Gasteiger partial charge in [0.25, 0.3) is 0 Å². The third-order valence-corrected chi connectivity index (χ3v) is 4.80. The van der Waals surface area contributed by atoms with Gasteiger partial charge < -0.3 is 20.3 Å². The number of amides is 2. The molecule has 0 saturated heterocycles. The summed E-state index contributed by atoms with van der Waals surface area (Å²) in [6, 6.07) is 24.9. The summed E-state index contributed by atoms with van der Waals surface area (Å²) in [5.41, 5.74) is 3.48. The van der Waals surface area contributed by atoms with Gasteiger partial charge in [-0.15, -0.1) is 0 Å². The molecule has 0 saturated carbocycles. The highest BCUT2D eigenvalue weighted by molar-refractivity contribution is 5.95. The Morgan fingerprint density at radius 1 is 0.903 bits per heavy atom. The van der Waals surface area contributed by atoms with Gasteiger partial charge in [0.05, 0.1) is 13.2 Å². The monoisotopic (exact) mass is 417 g/mol. The predicted molar refractivity (Wildman–Crippen MR) is 125 cm³/mol. The van der Waals surface area contributed by atoms with E-state index in [4.69, 9.17) is 4.74 Å². The molecule has 0 heterocycles. The molecule has 0 aliphatic heterocycles. The van der Waals surface area contributed by atoms with Gasteiger partial charge in [0.1, 0.15) is 5.75 Å². The summed E-state index contributed by atoms with van der Waals surface area (Å²) in [4.78, 5) is 25.2. The summed E-state index contributed by atoms with van der Waals surface area (Å²) >= 11 is 0. The number of hydrogen-bond donors (Lipinski definition) is 2. The topological polar surface area (TPSA) is 70.7 Å². The molecule has 0 aromatic heterocycles. The normalized spacial score (nSPS) is 10.3. The fraction of sp³-hybridized carbons (Fsp3) is 0.200. The van der Waals surface area contributed by atoms with Crippen LogP contribution in [0.3, 0.4) is 0 Å². The van der Waals surface area contributed by atoms with Crippen LogP contribution in [-0.2, 0) is 16.0 Å². The van der Waals surface area contributed by atoms with Crippen molar-refractivity contribution in [2.45, 2.75) is 13.3 Å². The average molecular weight is 418 g/mol. The summed E-state index contributed by atoms with van der Waals surface area (Å²) in [6.07, 6.45) is 0.835. The number of rotatable bonds is 9. The van der Waals surface area contributed by atoms with Crippen LogP contribution in [0.1, 0.15) is 12.5 Å². The van der Waals surface area contributed by atoms with Gasteiger partial charge in [-0.05, 0) is 42.0 Å². The van der Waals surface area contributed by atoms with Gasteiger partial charge in [-0.3, -0.25) is 9.59 Å². The van der Waals surface area contributed by atoms with E-state index in [9.17, 15) is 9.59 Å². The van der Waals surface area contributed by atoms with Crippen LogP contribution in [0.25, 0.3) is 0 Å². The number of nitrogens with zero attached hydrogens (tertiary/aromatic N) is 1. The molecule has 3 aromatic carbocycles. The van der Waals surface area contributed by atoms with E-state index in [0.717, 1.165) is 23.5 Å². The van der Waals surface area contributed by atoms with Crippen LogP contribution < -0.4 is 20.3 Å². The number of benzene rings is 3. The van der Waals surface area contributed by atoms with E-state index in [-0.39, 0.29) is 18.4 Å². The summed E-state index contributed by atoms with van der Waals surface area (Å²) in [5.74, 6) is 0.543. The van der Waals surface area contributed by atoms with Crippen molar-refractivity contribution < 1.29 is 14.3 Å². The lowest BCUT2D eigenvalue weighted by Gasteiger charge is -2.15. The third-order valence-electron chi connectivity index (χ3n) is 4.80. The van der Waals surface area contributed by atoms with E-state index in [1.165, 1.54) is 12.5 Å². The fourth-order valence-electron chi connectivity index (χ4n) is 2.96. The minimum Gasteiger partial charge on any atom is -0.493 e. The van der Waals surface area contributed by atoms with E-state index in [2.05, 4.69) is 22.8 Å². The predicted octanol–water partition coefficient (Wildman–Crippen LogP) is 4.34. The molecule has 0 aliphatic carbocycles. The first kappa shape index (κ1) is 21.9. The highest BCUT2D eigenvalue weighted by Gasteiger charge is 2.07. The lowest BCUT2D eigenvalue weighted by molar-refractivity contribution is -0.116. The molecule has 0 spiro atoms. The van der Waals surface area contributed by atoms with Gasteiger partial charge in [0, 0.05) is 43.5 Å². The van der Waals surface area contributed by atoms with E-state index in [1.54, 1.807) is 36.2 Å². The Kier molecular flexibility index (Phi) is 7.65. The van der Waals surface area contributed by atoms with Crippen molar-refractivity contribution in [2.75, 3.05) is 35.7 Å². The van der Waals surface area contributed by atoms with E-state index >= 15 is 0 Å². The van der Waals surface area contributed by atoms with Crippen molar-refractivity contribution in [1.29, 1.82) is 0 Å². The molecule has 2 N–H and O–H groups in total. The third kappa shape index (κ3) is 6.89. The molecule has 6 heteroatoms.